The molecule has 152 valence electrons. The van der Waals surface area contributed by atoms with Crippen molar-refractivity contribution in [3.63, 3.8) is 0 Å². The molecular weight excluding hydrogens is 366 g/mol. The van der Waals surface area contributed by atoms with Crippen LogP contribution < -0.4 is 15.6 Å². The number of aromatic nitrogens is 1. The molecule has 6 heteroatoms. The van der Waals surface area contributed by atoms with E-state index in [1.807, 2.05) is 55.5 Å². The lowest BCUT2D eigenvalue weighted by atomic mass is 10.1. The second kappa shape index (κ2) is 9.28. The first-order chi connectivity index (χ1) is 14.0. The van der Waals surface area contributed by atoms with E-state index >= 15 is 0 Å². The van der Waals surface area contributed by atoms with Gasteiger partial charge < -0.3 is 19.9 Å². The lowest BCUT2D eigenvalue weighted by Crippen LogP contribution is -2.37. The van der Waals surface area contributed by atoms with Crippen molar-refractivity contribution in [1.82, 2.24) is 9.88 Å². The predicted molar refractivity (Wildman–Crippen MR) is 116 cm³/mol. The molecule has 0 fully saturated rings. The third-order valence-electron chi connectivity index (χ3n) is 4.50. The van der Waals surface area contributed by atoms with Crippen molar-refractivity contribution >= 4 is 22.6 Å². The Hall–Kier alpha value is -3.28. The monoisotopic (exact) mass is 393 g/mol. The van der Waals surface area contributed by atoms with Gasteiger partial charge in [-0.3, -0.25) is 4.79 Å². The third kappa shape index (κ3) is 5.16. The van der Waals surface area contributed by atoms with Gasteiger partial charge in [0, 0.05) is 30.1 Å². The van der Waals surface area contributed by atoms with Crippen LogP contribution in [-0.2, 0) is 6.54 Å². The second-order valence-corrected chi connectivity index (χ2v) is 7.34. The number of fused-ring (bicyclic) bond motifs is 1. The Kier molecular flexibility index (Phi) is 6.54. The standard InChI is InChI=1S/C23H27N3O3/c1-4-29-21-12-8-7-11-20(21)25-23(28)26(14-16(2)3)15-17-13-22(27)24-19-10-6-5-9-18(17)19/h5-13,16H,4,14-15H2,1-3H3,(H,24,27)(H,25,28). The number of rotatable bonds is 7. The minimum atomic E-state index is -0.227. The summed E-state index contributed by atoms with van der Waals surface area (Å²) in [7, 11) is 0. The highest BCUT2D eigenvalue weighted by Crippen LogP contribution is 2.25. The van der Waals surface area contributed by atoms with Gasteiger partial charge in [-0.15, -0.1) is 0 Å². The van der Waals surface area contributed by atoms with Gasteiger partial charge in [0.2, 0.25) is 5.56 Å². The normalized spacial score (nSPS) is 10.9. The smallest absolute Gasteiger partial charge is 0.322 e. The van der Waals surface area contributed by atoms with E-state index in [0.717, 1.165) is 16.5 Å². The number of H-pyrrole nitrogens is 1. The fraction of sp³-hybridized carbons (Fsp3) is 0.304. The molecule has 3 rings (SSSR count). The second-order valence-electron chi connectivity index (χ2n) is 7.34. The molecule has 1 heterocycles. The first-order valence-electron chi connectivity index (χ1n) is 9.86. The van der Waals surface area contributed by atoms with Crippen LogP contribution in [0.4, 0.5) is 10.5 Å². The summed E-state index contributed by atoms with van der Waals surface area (Å²) in [6, 6.07) is 16.3. The number of nitrogens with zero attached hydrogens (tertiary/aromatic N) is 1. The number of amides is 2. The molecule has 0 saturated carbocycles. The highest BCUT2D eigenvalue weighted by atomic mass is 16.5. The SMILES string of the molecule is CCOc1ccccc1NC(=O)N(Cc1cc(=O)[nH]c2ccccc12)CC(C)C. The first-order valence-corrected chi connectivity index (χ1v) is 9.86. The van der Waals surface area contributed by atoms with Crippen molar-refractivity contribution in [2.45, 2.75) is 27.3 Å². The van der Waals surface area contributed by atoms with E-state index in [2.05, 4.69) is 24.1 Å². The van der Waals surface area contributed by atoms with Crippen molar-refractivity contribution in [1.29, 1.82) is 0 Å². The maximum Gasteiger partial charge on any atom is 0.322 e. The van der Waals surface area contributed by atoms with Crippen LogP contribution in [0, 0.1) is 5.92 Å². The summed E-state index contributed by atoms with van der Waals surface area (Å²) in [6.45, 7) is 7.44. The van der Waals surface area contributed by atoms with Crippen molar-refractivity contribution in [3.8, 4) is 5.75 Å². The molecule has 0 spiro atoms. The van der Waals surface area contributed by atoms with Gasteiger partial charge in [-0.1, -0.05) is 44.2 Å². The number of aromatic amines is 1. The Morgan fingerprint density at radius 2 is 1.86 bits per heavy atom. The molecule has 0 bridgehead atoms. The fourth-order valence-corrected chi connectivity index (χ4v) is 3.32. The molecule has 0 aliphatic rings. The number of anilines is 1. The molecule has 0 atom stereocenters. The molecule has 0 saturated heterocycles. The number of hydrogen-bond acceptors (Lipinski definition) is 3. The summed E-state index contributed by atoms with van der Waals surface area (Å²) >= 11 is 0. The van der Waals surface area contributed by atoms with Gasteiger partial charge in [0.25, 0.3) is 0 Å². The number of carbonyl (C=O) groups excluding carboxylic acids is 1. The number of ether oxygens (including phenoxy) is 1. The van der Waals surface area contributed by atoms with Crippen molar-refractivity contribution in [2.75, 3.05) is 18.5 Å². The number of benzene rings is 2. The number of pyridine rings is 1. The Morgan fingerprint density at radius 3 is 2.62 bits per heavy atom. The summed E-state index contributed by atoms with van der Waals surface area (Å²) < 4.78 is 5.61. The number of urea groups is 1. The Labute approximate surface area is 170 Å². The van der Waals surface area contributed by atoms with Crippen molar-refractivity contribution in [2.24, 2.45) is 5.92 Å². The maximum atomic E-state index is 13.1. The highest BCUT2D eigenvalue weighted by molar-refractivity contribution is 5.91. The molecule has 6 nitrogen and oxygen atoms in total. The Balaban J connectivity index is 1.89. The van der Waals surface area contributed by atoms with Crippen LogP contribution in [0.15, 0.2) is 59.4 Å². The summed E-state index contributed by atoms with van der Waals surface area (Å²) in [5, 5.41) is 3.89. The lowest BCUT2D eigenvalue weighted by Gasteiger charge is -2.26. The predicted octanol–water partition coefficient (Wildman–Crippen LogP) is 4.62. The van der Waals surface area contributed by atoms with E-state index < -0.39 is 0 Å². The quantitative estimate of drug-likeness (QED) is 0.615. The molecule has 2 aromatic carbocycles. The van der Waals surface area contributed by atoms with Crippen molar-refractivity contribution in [3.05, 3.63) is 70.5 Å². The molecule has 0 aliphatic heterocycles. The van der Waals surface area contributed by atoms with Crippen molar-refractivity contribution < 1.29 is 9.53 Å². The van der Waals surface area contributed by atoms with Crippen LogP contribution in [0.1, 0.15) is 26.3 Å². The van der Waals surface area contributed by atoms with Gasteiger partial charge in [-0.2, -0.15) is 0 Å². The van der Waals surface area contributed by atoms with Gasteiger partial charge in [-0.05, 0) is 36.6 Å². The van der Waals surface area contributed by atoms with Crippen LogP contribution >= 0.6 is 0 Å². The summed E-state index contributed by atoms with van der Waals surface area (Å²) in [5.41, 5.74) is 2.04. The maximum absolute atomic E-state index is 13.1. The Bertz CT molecular complexity index is 1040. The van der Waals surface area contributed by atoms with Crippen LogP contribution in [-0.4, -0.2) is 29.1 Å². The Morgan fingerprint density at radius 1 is 1.14 bits per heavy atom. The van der Waals surface area contributed by atoms with E-state index in [1.165, 1.54) is 0 Å². The van der Waals surface area contributed by atoms with Gasteiger partial charge in [0.05, 0.1) is 12.3 Å². The zero-order valence-electron chi connectivity index (χ0n) is 17.1. The minimum Gasteiger partial charge on any atom is -0.492 e. The molecule has 0 unspecified atom stereocenters. The molecule has 3 aromatic rings. The number of nitrogens with one attached hydrogen (secondary N) is 2. The van der Waals surface area contributed by atoms with E-state index in [9.17, 15) is 9.59 Å². The van der Waals surface area contributed by atoms with Gasteiger partial charge in [-0.25, -0.2) is 4.79 Å². The third-order valence-corrected chi connectivity index (χ3v) is 4.50. The van der Waals surface area contributed by atoms with Crippen LogP contribution in [0.25, 0.3) is 10.9 Å². The number of para-hydroxylation sites is 3. The fourth-order valence-electron chi connectivity index (χ4n) is 3.32. The zero-order chi connectivity index (χ0) is 20.8. The van der Waals surface area contributed by atoms with E-state index in [0.29, 0.717) is 31.1 Å². The van der Waals surface area contributed by atoms with Gasteiger partial charge in [0.15, 0.2) is 0 Å². The summed E-state index contributed by atoms with van der Waals surface area (Å²) in [4.78, 5) is 29.8. The van der Waals surface area contributed by atoms with Crippen LogP contribution in [0.2, 0.25) is 0 Å². The zero-order valence-corrected chi connectivity index (χ0v) is 17.1. The van der Waals surface area contributed by atoms with E-state index in [-0.39, 0.29) is 17.5 Å². The van der Waals surface area contributed by atoms with Gasteiger partial charge in [0.1, 0.15) is 5.75 Å². The number of carbonyl (C=O) groups is 1. The largest absolute Gasteiger partial charge is 0.492 e. The molecule has 29 heavy (non-hydrogen) atoms. The average Bonchev–Trinajstić information content (AvgIpc) is 2.68. The molecular formula is C23H27N3O3. The minimum absolute atomic E-state index is 0.176. The average molecular weight is 393 g/mol. The van der Waals surface area contributed by atoms with E-state index in [4.69, 9.17) is 4.74 Å². The van der Waals surface area contributed by atoms with Crippen LogP contribution in [0.5, 0.6) is 5.75 Å². The molecule has 2 N–H and O–H groups in total. The topological polar surface area (TPSA) is 74.4 Å². The molecule has 1 aromatic heterocycles. The van der Waals surface area contributed by atoms with Crippen LogP contribution in [0.3, 0.4) is 0 Å². The lowest BCUT2D eigenvalue weighted by molar-refractivity contribution is 0.201. The number of hydrogen-bond donors (Lipinski definition) is 2. The molecule has 2 amide bonds. The molecule has 0 radical (unpaired) electrons. The van der Waals surface area contributed by atoms with E-state index in [1.54, 1.807) is 11.0 Å². The summed E-state index contributed by atoms with van der Waals surface area (Å²) in [6.07, 6.45) is 0. The van der Waals surface area contributed by atoms with Gasteiger partial charge >= 0.3 is 6.03 Å². The first kappa shape index (κ1) is 20.5. The summed E-state index contributed by atoms with van der Waals surface area (Å²) in [5.74, 6) is 0.908. The molecule has 0 aliphatic carbocycles. The highest BCUT2D eigenvalue weighted by Gasteiger charge is 2.18.